The molecule has 3 unspecified atom stereocenters. The van der Waals surface area contributed by atoms with Gasteiger partial charge in [-0.25, -0.2) is 4.57 Å². The quantitative estimate of drug-likeness (QED) is 0.0159. The van der Waals surface area contributed by atoms with Gasteiger partial charge in [0.25, 0.3) is 0 Å². The molecular weight excluding hydrogens is 765 g/mol. The molecule has 346 valence electrons. The maximum Gasteiger partial charge on any atom is 0.472 e. The predicted molar refractivity (Wildman–Crippen MR) is 242 cm³/mol. The Bertz CT molecular complexity index is 1120. The molecule has 0 aromatic heterocycles. The second-order valence-electron chi connectivity index (χ2n) is 17.9. The first kappa shape index (κ1) is 55.5. The van der Waals surface area contributed by atoms with Gasteiger partial charge in [0.15, 0.2) is 6.10 Å². The number of allylic oxidation sites excluding steroid dienone is 3. The van der Waals surface area contributed by atoms with Crippen molar-refractivity contribution in [2.45, 2.75) is 225 Å². The topological polar surface area (TPSA) is 121 Å². The van der Waals surface area contributed by atoms with Crippen LogP contribution in [0.25, 0.3) is 0 Å². The number of nitrogens with zero attached hydrogens (tertiary/aromatic N) is 1. The van der Waals surface area contributed by atoms with Crippen LogP contribution in [0.2, 0.25) is 0 Å². The summed E-state index contributed by atoms with van der Waals surface area (Å²) >= 11 is 0. The van der Waals surface area contributed by atoms with Crippen LogP contribution in [-0.4, -0.2) is 87.1 Å². The maximum atomic E-state index is 12.7. The van der Waals surface area contributed by atoms with Gasteiger partial charge in [-0.15, -0.1) is 0 Å². The Balaban J connectivity index is 2.24. The van der Waals surface area contributed by atoms with E-state index < -0.39 is 26.5 Å². The Morgan fingerprint density at radius 3 is 1.66 bits per heavy atom. The van der Waals surface area contributed by atoms with Crippen molar-refractivity contribution in [2.75, 3.05) is 47.5 Å². The van der Waals surface area contributed by atoms with Crippen LogP contribution in [0.15, 0.2) is 24.3 Å². The van der Waals surface area contributed by atoms with Crippen molar-refractivity contribution in [1.82, 2.24) is 0 Å². The van der Waals surface area contributed by atoms with E-state index in [1.807, 2.05) is 21.1 Å². The number of likely N-dealkylation sites (N-methyl/N-ethyl adjacent to an activating group) is 1. The smallest absolute Gasteiger partial charge is 0.462 e. The maximum absolute atomic E-state index is 12.7. The number of unbranched alkanes of at least 4 members (excludes halogenated alkanes) is 22. The molecule has 0 aliphatic carbocycles. The molecular formula is C48H91NO9P+. The lowest BCUT2D eigenvalue weighted by Crippen LogP contribution is -2.37. The van der Waals surface area contributed by atoms with E-state index in [0.717, 1.165) is 57.8 Å². The van der Waals surface area contributed by atoms with Gasteiger partial charge in [-0.1, -0.05) is 154 Å². The molecule has 10 nitrogen and oxygen atoms in total. The first-order chi connectivity index (χ1) is 28.5. The van der Waals surface area contributed by atoms with Crippen LogP contribution in [0.3, 0.4) is 0 Å². The van der Waals surface area contributed by atoms with Crippen LogP contribution in [0.4, 0.5) is 0 Å². The number of quaternary nitrogens is 1. The second-order valence-corrected chi connectivity index (χ2v) is 19.3. The SMILES string of the molecule is CCCCC/C=C\CC1OC1CCCCCCCC(=O)OC[C@H](COP(=O)(O)OCC[N+](C)(C)C)OC(=O)CCCCCCCCCCC/C=C\CCCCCCCC. The molecule has 1 rings (SSSR count). The molecule has 1 aliphatic heterocycles. The summed E-state index contributed by atoms with van der Waals surface area (Å²) in [6.07, 6.45) is 42.4. The van der Waals surface area contributed by atoms with Gasteiger partial charge in [0.05, 0.1) is 40.0 Å². The zero-order valence-corrected chi connectivity index (χ0v) is 39.6. The lowest BCUT2D eigenvalue weighted by Gasteiger charge is -2.24. The summed E-state index contributed by atoms with van der Waals surface area (Å²) in [5, 5.41) is 0. The third-order valence-electron chi connectivity index (χ3n) is 10.9. The molecule has 1 fully saturated rings. The highest BCUT2D eigenvalue weighted by Crippen LogP contribution is 2.43. The average Bonchev–Trinajstić information content (AvgIpc) is 3.94. The van der Waals surface area contributed by atoms with E-state index in [2.05, 4.69) is 38.2 Å². The second kappa shape index (κ2) is 37.0. The zero-order chi connectivity index (χ0) is 43.3. The summed E-state index contributed by atoms with van der Waals surface area (Å²) in [4.78, 5) is 35.5. The largest absolute Gasteiger partial charge is 0.472 e. The minimum atomic E-state index is -4.38. The number of rotatable bonds is 43. The zero-order valence-electron chi connectivity index (χ0n) is 38.7. The van der Waals surface area contributed by atoms with Gasteiger partial charge >= 0.3 is 19.8 Å². The van der Waals surface area contributed by atoms with E-state index in [9.17, 15) is 19.0 Å². The Morgan fingerprint density at radius 1 is 0.610 bits per heavy atom. The van der Waals surface area contributed by atoms with E-state index in [4.69, 9.17) is 23.3 Å². The molecule has 11 heteroatoms. The standard InChI is InChI=1S/C48H90NO9P/c1-6-8-10-12-14-15-16-17-18-19-20-21-22-23-24-25-26-30-35-39-48(51)57-44(43-56-59(52,53)55-41-40-49(3,4)5)42-54-47(50)38-34-31-27-29-33-37-46-45(58-46)36-32-28-13-11-9-7-2/h17-18,28,32,44-46H,6-16,19-27,29-31,33-43H2,1-5H3/p+1/b18-17-,32-28-/t44-,45?,46?/m1/s1. The third-order valence-corrected chi connectivity index (χ3v) is 11.9. The lowest BCUT2D eigenvalue weighted by atomic mass is 10.1. The summed E-state index contributed by atoms with van der Waals surface area (Å²) in [5.41, 5.74) is 0. The van der Waals surface area contributed by atoms with Gasteiger partial charge < -0.3 is 23.6 Å². The predicted octanol–water partition coefficient (Wildman–Crippen LogP) is 12.9. The molecule has 4 atom stereocenters. The van der Waals surface area contributed by atoms with Crippen molar-refractivity contribution in [3.8, 4) is 0 Å². The Labute approximate surface area is 362 Å². The van der Waals surface area contributed by atoms with E-state index in [1.165, 1.54) is 109 Å². The molecule has 1 aliphatic rings. The summed E-state index contributed by atoms with van der Waals surface area (Å²) in [6, 6.07) is 0. The molecule has 0 amide bonds. The van der Waals surface area contributed by atoms with E-state index >= 15 is 0 Å². The molecule has 0 bridgehead atoms. The Kier molecular flexibility index (Phi) is 34.8. The first-order valence-corrected chi connectivity index (χ1v) is 25.7. The van der Waals surface area contributed by atoms with Crippen molar-refractivity contribution in [3.63, 3.8) is 0 Å². The monoisotopic (exact) mass is 857 g/mol. The first-order valence-electron chi connectivity index (χ1n) is 24.2. The van der Waals surface area contributed by atoms with E-state index in [0.29, 0.717) is 36.1 Å². The highest BCUT2D eigenvalue weighted by atomic mass is 31.2. The fourth-order valence-electron chi connectivity index (χ4n) is 6.96. The van der Waals surface area contributed by atoms with Crippen molar-refractivity contribution in [3.05, 3.63) is 24.3 Å². The molecule has 1 N–H and O–H groups in total. The summed E-state index contributed by atoms with van der Waals surface area (Å²) in [6.45, 7) is 4.38. The minimum Gasteiger partial charge on any atom is -0.462 e. The van der Waals surface area contributed by atoms with Crippen molar-refractivity contribution >= 4 is 19.8 Å². The van der Waals surface area contributed by atoms with Crippen molar-refractivity contribution < 1.29 is 46.8 Å². The summed E-state index contributed by atoms with van der Waals surface area (Å²) in [7, 11) is 1.46. The summed E-state index contributed by atoms with van der Waals surface area (Å²) in [5.74, 6) is -0.818. The van der Waals surface area contributed by atoms with Gasteiger partial charge in [0.1, 0.15) is 19.8 Å². The summed E-state index contributed by atoms with van der Waals surface area (Å²) < 4.78 is 40.2. The van der Waals surface area contributed by atoms with Crippen LogP contribution in [0.5, 0.6) is 0 Å². The Morgan fingerprint density at radius 2 is 1.08 bits per heavy atom. The van der Waals surface area contributed by atoms with Crippen LogP contribution >= 0.6 is 7.82 Å². The number of ether oxygens (including phenoxy) is 3. The molecule has 0 aromatic carbocycles. The van der Waals surface area contributed by atoms with Crippen molar-refractivity contribution in [2.24, 2.45) is 0 Å². The molecule has 0 saturated carbocycles. The molecule has 0 aromatic rings. The molecule has 59 heavy (non-hydrogen) atoms. The fourth-order valence-corrected chi connectivity index (χ4v) is 7.70. The number of carbonyl (C=O) groups is 2. The van der Waals surface area contributed by atoms with Crippen molar-refractivity contribution in [1.29, 1.82) is 0 Å². The normalized spacial score (nSPS) is 17.1. The molecule has 1 heterocycles. The number of carbonyl (C=O) groups excluding carboxylic acids is 2. The minimum absolute atomic E-state index is 0.0272. The number of phosphoric acid groups is 1. The number of hydrogen-bond acceptors (Lipinski definition) is 8. The highest BCUT2D eigenvalue weighted by Gasteiger charge is 2.36. The number of epoxide rings is 1. The van der Waals surface area contributed by atoms with Gasteiger partial charge in [-0.2, -0.15) is 0 Å². The molecule has 0 spiro atoms. The van der Waals surface area contributed by atoms with Gasteiger partial charge in [0, 0.05) is 12.8 Å². The van der Waals surface area contributed by atoms with Crippen LogP contribution < -0.4 is 0 Å². The highest BCUT2D eigenvalue weighted by molar-refractivity contribution is 7.47. The lowest BCUT2D eigenvalue weighted by molar-refractivity contribution is -0.870. The van der Waals surface area contributed by atoms with Crippen LogP contribution in [-0.2, 0) is 37.4 Å². The average molecular weight is 857 g/mol. The fraction of sp³-hybridized carbons (Fsp3) is 0.875. The molecule has 0 radical (unpaired) electrons. The van der Waals surface area contributed by atoms with Crippen LogP contribution in [0.1, 0.15) is 206 Å². The van der Waals surface area contributed by atoms with E-state index in [-0.39, 0.29) is 32.0 Å². The number of esters is 2. The van der Waals surface area contributed by atoms with E-state index in [1.54, 1.807) is 0 Å². The Hall–Kier alpha value is -1.55. The molecule has 1 saturated heterocycles. The number of hydrogen-bond donors (Lipinski definition) is 1. The van der Waals surface area contributed by atoms with Gasteiger partial charge in [0.2, 0.25) is 0 Å². The number of phosphoric ester groups is 1. The van der Waals surface area contributed by atoms with Crippen LogP contribution in [0, 0.1) is 0 Å². The van der Waals surface area contributed by atoms with Gasteiger partial charge in [-0.05, 0) is 64.2 Å². The third kappa shape index (κ3) is 37.9. The van der Waals surface area contributed by atoms with Gasteiger partial charge in [-0.3, -0.25) is 18.6 Å².